The highest BCUT2D eigenvalue weighted by Crippen LogP contribution is 2.03. The first-order valence-electron chi connectivity index (χ1n) is 7.65. The summed E-state index contributed by atoms with van der Waals surface area (Å²) in [6.07, 6.45) is 1.23. The first-order chi connectivity index (χ1) is 9.99. The summed E-state index contributed by atoms with van der Waals surface area (Å²) in [4.78, 5) is 24.1. The zero-order valence-corrected chi connectivity index (χ0v) is 12.9. The third-order valence-electron chi connectivity index (χ3n) is 3.49. The lowest BCUT2D eigenvalue weighted by atomic mass is 10.0. The van der Waals surface area contributed by atoms with Crippen molar-refractivity contribution in [2.45, 2.75) is 32.7 Å². The Kier molecular flexibility index (Phi) is 8.07. The fourth-order valence-corrected chi connectivity index (χ4v) is 2.35. The molecule has 21 heavy (non-hydrogen) atoms. The lowest BCUT2D eigenvalue weighted by Gasteiger charge is -2.24. The molecule has 1 aliphatic heterocycles. The summed E-state index contributed by atoms with van der Waals surface area (Å²) in [7, 11) is 0. The Bertz CT molecular complexity index is 330. The van der Waals surface area contributed by atoms with Gasteiger partial charge in [0.25, 0.3) is 0 Å². The number of carbonyl (C=O) groups is 2. The number of amides is 2. The second kappa shape index (κ2) is 9.57. The smallest absolute Gasteiger partial charge is 0.315 e. The summed E-state index contributed by atoms with van der Waals surface area (Å²) >= 11 is 0. The Morgan fingerprint density at radius 1 is 1.29 bits per heavy atom. The van der Waals surface area contributed by atoms with E-state index in [1.807, 2.05) is 13.8 Å². The van der Waals surface area contributed by atoms with Crippen LogP contribution < -0.4 is 20.6 Å². The van der Waals surface area contributed by atoms with Gasteiger partial charge < -0.3 is 30.2 Å². The van der Waals surface area contributed by atoms with Crippen LogP contribution in [-0.4, -0.2) is 57.4 Å². The Labute approximate surface area is 126 Å². The van der Waals surface area contributed by atoms with E-state index < -0.39 is 18.0 Å². The van der Waals surface area contributed by atoms with Crippen molar-refractivity contribution in [2.24, 2.45) is 5.92 Å². The molecule has 7 heteroatoms. The predicted octanol–water partition coefficient (Wildman–Crippen LogP) is -2.24. The van der Waals surface area contributed by atoms with Gasteiger partial charge in [-0.15, -0.1) is 0 Å². The van der Waals surface area contributed by atoms with Crippen LogP contribution in [0, 0.1) is 5.92 Å². The number of urea groups is 1. The highest BCUT2D eigenvalue weighted by atomic mass is 16.5. The van der Waals surface area contributed by atoms with Crippen molar-refractivity contribution in [3.05, 3.63) is 0 Å². The van der Waals surface area contributed by atoms with E-state index in [2.05, 4.69) is 10.6 Å². The Hall–Kier alpha value is -1.34. The molecule has 0 spiro atoms. The maximum atomic E-state index is 11.7. The van der Waals surface area contributed by atoms with Gasteiger partial charge in [0.2, 0.25) is 0 Å². The van der Waals surface area contributed by atoms with Gasteiger partial charge in [0.1, 0.15) is 13.1 Å². The van der Waals surface area contributed by atoms with E-state index >= 15 is 0 Å². The van der Waals surface area contributed by atoms with Crippen molar-refractivity contribution in [1.82, 2.24) is 10.6 Å². The maximum Gasteiger partial charge on any atom is 0.315 e. The van der Waals surface area contributed by atoms with Crippen LogP contribution in [-0.2, 0) is 9.53 Å². The third kappa shape index (κ3) is 7.87. The number of rotatable bonds is 8. The zero-order valence-electron chi connectivity index (χ0n) is 12.9. The van der Waals surface area contributed by atoms with Crippen LogP contribution in [0.4, 0.5) is 4.79 Å². The largest absolute Gasteiger partial charge is 0.548 e. The molecule has 1 saturated heterocycles. The van der Waals surface area contributed by atoms with Gasteiger partial charge in [-0.3, -0.25) is 0 Å². The van der Waals surface area contributed by atoms with Crippen molar-refractivity contribution in [2.75, 3.05) is 39.4 Å². The van der Waals surface area contributed by atoms with Gasteiger partial charge in [0.05, 0.1) is 31.8 Å². The number of aliphatic carboxylic acids is 1. The van der Waals surface area contributed by atoms with Crippen LogP contribution in [0.25, 0.3) is 0 Å². The Balaban J connectivity index is 2.15. The minimum Gasteiger partial charge on any atom is -0.548 e. The molecule has 1 aliphatic rings. The normalized spacial score (nSPS) is 17.5. The second-order valence-corrected chi connectivity index (χ2v) is 5.87. The van der Waals surface area contributed by atoms with Crippen molar-refractivity contribution in [1.29, 1.82) is 0 Å². The molecule has 0 aliphatic carbocycles. The number of hydrogen-bond donors (Lipinski definition) is 3. The quantitative estimate of drug-likeness (QED) is 0.442. The molecule has 1 fully saturated rings. The average molecular weight is 301 g/mol. The molecular weight excluding hydrogens is 274 g/mol. The van der Waals surface area contributed by atoms with E-state index in [1.165, 1.54) is 4.90 Å². The van der Waals surface area contributed by atoms with Crippen LogP contribution in [0.1, 0.15) is 26.7 Å². The molecule has 3 N–H and O–H groups in total. The highest BCUT2D eigenvalue weighted by Gasteiger charge is 2.15. The number of carboxylic acid groups (broad SMARTS) is 1. The van der Waals surface area contributed by atoms with Gasteiger partial charge in [0, 0.05) is 13.0 Å². The van der Waals surface area contributed by atoms with Gasteiger partial charge in [-0.1, -0.05) is 13.8 Å². The van der Waals surface area contributed by atoms with Crippen molar-refractivity contribution < 1.29 is 24.3 Å². The first kappa shape index (κ1) is 17.7. The number of morpholine rings is 1. The molecule has 0 unspecified atom stereocenters. The van der Waals surface area contributed by atoms with Crippen LogP contribution in [0.5, 0.6) is 0 Å². The molecule has 1 rings (SSSR count). The molecule has 0 bridgehead atoms. The third-order valence-corrected chi connectivity index (χ3v) is 3.49. The van der Waals surface area contributed by atoms with Crippen LogP contribution in [0.3, 0.4) is 0 Å². The monoisotopic (exact) mass is 301 g/mol. The number of nitrogens with one attached hydrogen (secondary N) is 3. The standard InChI is InChI=1S/C14H27N3O4/c1-11(2)10-12(13(18)19)16-14(20)15-4-3-5-17-6-8-21-9-7-17/h11-12H,3-10H2,1-2H3,(H,18,19)(H2,15,16,20)/t12-/m0/s1. The van der Waals surface area contributed by atoms with Crippen LogP contribution >= 0.6 is 0 Å². The van der Waals surface area contributed by atoms with Gasteiger partial charge in [-0.05, 0) is 12.3 Å². The summed E-state index contributed by atoms with van der Waals surface area (Å²) in [6.45, 7) is 8.94. The number of carboxylic acids is 1. The van der Waals surface area contributed by atoms with E-state index in [0.29, 0.717) is 13.0 Å². The average Bonchev–Trinajstić information content (AvgIpc) is 2.43. The maximum absolute atomic E-state index is 11.7. The van der Waals surface area contributed by atoms with Gasteiger partial charge in [-0.25, -0.2) is 4.79 Å². The SMILES string of the molecule is CC(C)C[C@H](NC(=O)NCCC[NH+]1CCOCC1)C(=O)[O-]. The summed E-state index contributed by atoms with van der Waals surface area (Å²) in [5.74, 6) is -1.06. The van der Waals surface area contributed by atoms with Crippen molar-refractivity contribution >= 4 is 12.0 Å². The molecule has 0 aromatic rings. The number of hydrogen-bond acceptors (Lipinski definition) is 4. The van der Waals surface area contributed by atoms with Crippen LogP contribution in [0.15, 0.2) is 0 Å². The summed E-state index contributed by atoms with van der Waals surface area (Å²) < 4.78 is 5.28. The van der Waals surface area contributed by atoms with E-state index in [9.17, 15) is 14.7 Å². The van der Waals surface area contributed by atoms with Gasteiger partial charge in [0.15, 0.2) is 0 Å². The fraction of sp³-hybridized carbons (Fsp3) is 0.857. The molecular formula is C14H27N3O4. The molecule has 7 nitrogen and oxygen atoms in total. The molecule has 0 aromatic heterocycles. The number of ether oxygens (including phenoxy) is 1. The Morgan fingerprint density at radius 2 is 1.95 bits per heavy atom. The lowest BCUT2D eigenvalue weighted by Crippen LogP contribution is -3.14. The van der Waals surface area contributed by atoms with E-state index in [4.69, 9.17) is 4.74 Å². The molecule has 0 aromatic carbocycles. The van der Waals surface area contributed by atoms with E-state index in [-0.39, 0.29) is 5.92 Å². The minimum absolute atomic E-state index is 0.179. The lowest BCUT2D eigenvalue weighted by molar-refractivity contribution is -0.908. The summed E-state index contributed by atoms with van der Waals surface area (Å²) in [6, 6.07) is -1.38. The highest BCUT2D eigenvalue weighted by molar-refractivity contribution is 5.81. The van der Waals surface area contributed by atoms with Gasteiger partial charge >= 0.3 is 6.03 Å². The number of quaternary nitrogens is 1. The van der Waals surface area contributed by atoms with Crippen molar-refractivity contribution in [3.63, 3.8) is 0 Å². The predicted molar refractivity (Wildman–Crippen MR) is 75.8 cm³/mol. The fourth-order valence-electron chi connectivity index (χ4n) is 2.35. The molecule has 0 radical (unpaired) electrons. The number of carbonyl (C=O) groups excluding carboxylic acids is 2. The first-order valence-corrected chi connectivity index (χ1v) is 7.65. The molecule has 1 heterocycles. The molecule has 1 atom stereocenters. The van der Waals surface area contributed by atoms with Gasteiger partial charge in [-0.2, -0.15) is 0 Å². The molecule has 0 saturated carbocycles. The second-order valence-electron chi connectivity index (χ2n) is 5.87. The molecule has 122 valence electrons. The minimum atomic E-state index is -1.24. The topological polar surface area (TPSA) is 94.9 Å². The summed E-state index contributed by atoms with van der Waals surface area (Å²) in [5, 5.41) is 16.1. The summed E-state index contributed by atoms with van der Waals surface area (Å²) in [5.41, 5.74) is 0. The van der Waals surface area contributed by atoms with Crippen molar-refractivity contribution in [3.8, 4) is 0 Å². The zero-order chi connectivity index (χ0) is 15.7. The Morgan fingerprint density at radius 3 is 2.52 bits per heavy atom. The van der Waals surface area contributed by atoms with E-state index in [0.717, 1.165) is 39.3 Å². The van der Waals surface area contributed by atoms with Crippen LogP contribution in [0.2, 0.25) is 0 Å². The molecule has 2 amide bonds. The van der Waals surface area contributed by atoms with E-state index in [1.54, 1.807) is 0 Å².